The lowest BCUT2D eigenvalue weighted by Gasteiger charge is -2.20. The van der Waals surface area contributed by atoms with E-state index in [4.69, 9.17) is 4.74 Å². The third kappa shape index (κ3) is 3.73. The van der Waals surface area contributed by atoms with Crippen molar-refractivity contribution in [2.75, 3.05) is 25.0 Å². The number of fused-ring (bicyclic) bond motifs is 1. The molecule has 1 aliphatic heterocycles. The van der Waals surface area contributed by atoms with Crippen LogP contribution in [0.5, 0.6) is 0 Å². The van der Waals surface area contributed by atoms with Gasteiger partial charge < -0.3 is 15.0 Å². The molecule has 1 amide bonds. The fourth-order valence-corrected chi connectivity index (χ4v) is 2.26. The predicted octanol–water partition coefficient (Wildman–Crippen LogP) is 1.78. The molecule has 20 heavy (non-hydrogen) atoms. The van der Waals surface area contributed by atoms with E-state index >= 15 is 0 Å². The van der Waals surface area contributed by atoms with Crippen LogP contribution in [0.15, 0.2) is 24.3 Å². The number of carbonyl (C=O) groups excluding carboxylic acids is 2. The van der Waals surface area contributed by atoms with E-state index in [2.05, 4.69) is 5.32 Å². The van der Waals surface area contributed by atoms with Gasteiger partial charge in [0.15, 0.2) is 0 Å². The number of nitrogens with one attached hydrogen (secondary N) is 1. The van der Waals surface area contributed by atoms with Crippen molar-refractivity contribution in [1.82, 2.24) is 4.90 Å². The molecular formula is C15H20N2O3. The molecule has 0 saturated carbocycles. The monoisotopic (exact) mass is 276 g/mol. The molecule has 0 unspecified atom stereocenters. The van der Waals surface area contributed by atoms with Gasteiger partial charge in [0, 0.05) is 25.2 Å². The molecule has 1 heterocycles. The largest absolute Gasteiger partial charge is 0.466 e. The molecule has 0 aliphatic carbocycles. The molecule has 1 aromatic rings. The maximum absolute atomic E-state index is 12.0. The molecule has 5 nitrogen and oxygen atoms in total. The lowest BCUT2D eigenvalue weighted by Crippen LogP contribution is -2.33. The summed E-state index contributed by atoms with van der Waals surface area (Å²) in [6.45, 7) is 3.66. The standard InChI is InChI=1S/C15H20N2O3/c1-2-20-15(19)8-5-9-17-11-12-6-3-4-7-13(12)16-10-14(17)18/h3-4,6-7,16H,2,5,8-11H2,1H3. The maximum Gasteiger partial charge on any atom is 0.305 e. The number of para-hydroxylation sites is 1. The fraction of sp³-hybridized carbons (Fsp3) is 0.467. The molecule has 0 saturated heterocycles. The minimum Gasteiger partial charge on any atom is -0.466 e. The van der Waals surface area contributed by atoms with Crippen molar-refractivity contribution in [3.05, 3.63) is 29.8 Å². The number of amides is 1. The van der Waals surface area contributed by atoms with Crippen LogP contribution in [0, 0.1) is 0 Å². The van der Waals surface area contributed by atoms with E-state index < -0.39 is 0 Å². The molecule has 1 aliphatic rings. The Balaban J connectivity index is 1.91. The first kappa shape index (κ1) is 14.4. The second-order valence-corrected chi connectivity index (χ2v) is 4.73. The Kier molecular flexibility index (Phi) is 4.98. The summed E-state index contributed by atoms with van der Waals surface area (Å²) in [5, 5.41) is 3.14. The zero-order chi connectivity index (χ0) is 14.4. The number of carbonyl (C=O) groups is 2. The molecule has 5 heteroatoms. The highest BCUT2D eigenvalue weighted by Crippen LogP contribution is 2.20. The Bertz CT molecular complexity index is 488. The number of ether oxygens (including phenoxy) is 1. The summed E-state index contributed by atoms with van der Waals surface area (Å²) < 4.78 is 4.88. The number of hydrogen-bond donors (Lipinski definition) is 1. The van der Waals surface area contributed by atoms with Crippen LogP contribution < -0.4 is 5.32 Å². The summed E-state index contributed by atoms with van der Waals surface area (Å²) in [7, 11) is 0. The highest BCUT2D eigenvalue weighted by Gasteiger charge is 2.19. The van der Waals surface area contributed by atoms with Crippen LogP contribution in [0.25, 0.3) is 0 Å². The average Bonchev–Trinajstić information content (AvgIpc) is 2.60. The molecule has 0 aromatic heterocycles. The summed E-state index contributed by atoms with van der Waals surface area (Å²) in [5.41, 5.74) is 2.11. The quantitative estimate of drug-likeness (QED) is 0.833. The van der Waals surface area contributed by atoms with Gasteiger partial charge in [-0.1, -0.05) is 18.2 Å². The van der Waals surface area contributed by atoms with Gasteiger partial charge in [-0.05, 0) is 25.0 Å². The van der Waals surface area contributed by atoms with Crippen LogP contribution in [0.4, 0.5) is 5.69 Å². The molecule has 0 spiro atoms. The maximum atomic E-state index is 12.0. The molecule has 1 aromatic carbocycles. The van der Waals surface area contributed by atoms with Gasteiger partial charge >= 0.3 is 5.97 Å². The van der Waals surface area contributed by atoms with Crippen LogP contribution in [0.3, 0.4) is 0 Å². The zero-order valence-corrected chi connectivity index (χ0v) is 11.7. The summed E-state index contributed by atoms with van der Waals surface area (Å²) in [6, 6.07) is 7.91. The van der Waals surface area contributed by atoms with Gasteiger partial charge in [0.25, 0.3) is 0 Å². The van der Waals surface area contributed by atoms with E-state index in [9.17, 15) is 9.59 Å². The summed E-state index contributed by atoms with van der Waals surface area (Å²) >= 11 is 0. The molecule has 0 atom stereocenters. The Labute approximate surface area is 118 Å². The van der Waals surface area contributed by atoms with Crippen molar-refractivity contribution in [3.8, 4) is 0 Å². The van der Waals surface area contributed by atoms with Gasteiger partial charge in [0.1, 0.15) is 0 Å². The van der Waals surface area contributed by atoms with Crippen molar-refractivity contribution < 1.29 is 14.3 Å². The fourth-order valence-electron chi connectivity index (χ4n) is 2.26. The number of anilines is 1. The van der Waals surface area contributed by atoms with E-state index in [1.165, 1.54) is 0 Å². The Hall–Kier alpha value is -2.04. The molecule has 108 valence electrons. The van der Waals surface area contributed by atoms with Crippen molar-refractivity contribution in [3.63, 3.8) is 0 Å². The summed E-state index contributed by atoms with van der Waals surface area (Å²) in [4.78, 5) is 25.1. The van der Waals surface area contributed by atoms with E-state index in [1.807, 2.05) is 24.3 Å². The molecule has 0 radical (unpaired) electrons. The zero-order valence-electron chi connectivity index (χ0n) is 11.7. The van der Waals surface area contributed by atoms with Gasteiger partial charge in [0.05, 0.1) is 13.2 Å². The molecule has 1 N–H and O–H groups in total. The minimum atomic E-state index is -0.201. The SMILES string of the molecule is CCOC(=O)CCCN1Cc2ccccc2NCC1=O. The normalized spacial score (nSPS) is 14.2. The van der Waals surface area contributed by atoms with Crippen molar-refractivity contribution >= 4 is 17.6 Å². The second kappa shape index (κ2) is 6.93. The molecule has 0 bridgehead atoms. The van der Waals surface area contributed by atoms with Crippen LogP contribution in [-0.2, 0) is 20.9 Å². The van der Waals surface area contributed by atoms with Crippen molar-refractivity contribution in [1.29, 1.82) is 0 Å². The lowest BCUT2D eigenvalue weighted by molar-refractivity contribution is -0.143. The number of benzene rings is 1. The average molecular weight is 276 g/mol. The highest BCUT2D eigenvalue weighted by atomic mass is 16.5. The van der Waals surface area contributed by atoms with Crippen LogP contribution in [0.1, 0.15) is 25.3 Å². The van der Waals surface area contributed by atoms with Gasteiger partial charge in [0.2, 0.25) is 5.91 Å². The van der Waals surface area contributed by atoms with Gasteiger partial charge in [-0.25, -0.2) is 0 Å². The minimum absolute atomic E-state index is 0.0602. The Morgan fingerprint density at radius 1 is 1.40 bits per heavy atom. The highest BCUT2D eigenvalue weighted by molar-refractivity contribution is 5.82. The molecular weight excluding hydrogens is 256 g/mol. The third-order valence-corrected chi connectivity index (χ3v) is 3.28. The summed E-state index contributed by atoms with van der Waals surface area (Å²) in [5.74, 6) is -0.140. The first-order chi connectivity index (χ1) is 9.70. The topological polar surface area (TPSA) is 58.6 Å². The van der Waals surface area contributed by atoms with E-state index in [1.54, 1.807) is 11.8 Å². The molecule has 2 rings (SSSR count). The number of rotatable bonds is 5. The smallest absolute Gasteiger partial charge is 0.305 e. The van der Waals surface area contributed by atoms with Crippen LogP contribution >= 0.6 is 0 Å². The Morgan fingerprint density at radius 2 is 2.20 bits per heavy atom. The first-order valence-electron chi connectivity index (χ1n) is 6.96. The van der Waals surface area contributed by atoms with Gasteiger partial charge in [-0.15, -0.1) is 0 Å². The predicted molar refractivity (Wildman–Crippen MR) is 76.2 cm³/mol. The van der Waals surface area contributed by atoms with E-state index in [0.29, 0.717) is 39.1 Å². The van der Waals surface area contributed by atoms with Crippen molar-refractivity contribution in [2.45, 2.75) is 26.3 Å². The number of esters is 1. The van der Waals surface area contributed by atoms with E-state index in [-0.39, 0.29) is 11.9 Å². The van der Waals surface area contributed by atoms with Crippen LogP contribution in [0.2, 0.25) is 0 Å². The number of nitrogens with zero attached hydrogens (tertiary/aromatic N) is 1. The van der Waals surface area contributed by atoms with E-state index in [0.717, 1.165) is 11.3 Å². The van der Waals surface area contributed by atoms with Gasteiger partial charge in [-0.3, -0.25) is 9.59 Å². The molecule has 0 fully saturated rings. The summed E-state index contributed by atoms with van der Waals surface area (Å²) in [6.07, 6.45) is 0.986. The Morgan fingerprint density at radius 3 is 3.00 bits per heavy atom. The van der Waals surface area contributed by atoms with Crippen molar-refractivity contribution in [2.24, 2.45) is 0 Å². The van der Waals surface area contributed by atoms with Gasteiger partial charge in [-0.2, -0.15) is 0 Å². The first-order valence-corrected chi connectivity index (χ1v) is 6.96. The van der Waals surface area contributed by atoms with Crippen LogP contribution in [-0.4, -0.2) is 36.5 Å². The number of hydrogen-bond acceptors (Lipinski definition) is 4. The third-order valence-electron chi connectivity index (χ3n) is 3.28. The lowest BCUT2D eigenvalue weighted by atomic mass is 10.1. The second-order valence-electron chi connectivity index (χ2n) is 4.73.